The van der Waals surface area contributed by atoms with E-state index >= 15 is 0 Å². The molecule has 0 saturated heterocycles. The number of anilines is 1. The molecule has 1 atom stereocenters. The van der Waals surface area contributed by atoms with Crippen molar-refractivity contribution in [1.82, 2.24) is 10.2 Å². The molecule has 0 aliphatic rings. The second kappa shape index (κ2) is 8.26. The fourth-order valence-corrected chi connectivity index (χ4v) is 1.77. The molecule has 1 unspecified atom stereocenters. The van der Waals surface area contributed by atoms with Crippen LogP contribution in [0.4, 0.5) is 10.5 Å². The van der Waals surface area contributed by atoms with E-state index in [9.17, 15) is 9.59 Å². The van der Waals surface area contributed by atoms with Crippen LogP contribution in [0.2, 0.25) is 0 Å². The molecule has 0 aromatic heterocycles. The number of urea groups is 1. The van der Waals surface area contributed by atoms with E-state index < -0.39 is 5.97 Å². The molecule has 116 valence electrons. The molecule has 2 N–H and O–H groups in total. The number of rotatable bonds is 6. The predicted octanol–water partition coefficient (Wildman–Crippen LogP) is 1.99. The highest BCUT2D eigenvalue weighted by atomic mass is 16.5. The summed E-state index contributed by atoms with van der Waals surface area (Å²) in [6.07, 6.45) is 0. The monoisotopic (exact) mass is 293 g/mol. The first-order valence-corrected chi connectivity index (χ1v) is 6.91. The van der Waals surface area contributed by atoms with Gasteiger partial charge in [-0.2, -0.15) is 0 Å². The number of likely N-dealkylation sites (N-methyl/N-ethyl adjacent to an activating group) is 1. The Kier molecular flexibility index (Phi) is 6.68. The number of amides is 2. The third-order valence-electron chi connectivity index (χ3n) is 3.31. The maximum atomic E-state index is 12.1. The maximum Gasteiger partial charge on any atom is 0.325 e. The molecule has 0 bridgehead atoms. The highest BCUT2D eigenvalue weighted by Gasteiger charge is 2.15. The smallest absolute Gasteiger partial charge is 0.325 e. The molecule has 0 aliphatic carbocycles. The normalized spacial score (nSPS) is 11.6. The van der Waals surface area contributed by atoms with Crippen LogP contribution in [0.25, 0.3) is 0 Å². The average Bonchev–Trinajstić information content (AvgIpc) is 2.52. The molecular weight excluding hydrogens is 270 g/mol. The molecule has 0 radical (unpaired) electrons. The number of benzene rings is 1. The first kappa shape index (κ1) is 17.0. The van der Waals surface area contributed by atoms with Crippen molar-refractivity contribution in [2.24, 2.45) is 0 Å². The van der Waals surface area contributed by atoms with Crippen molar-refractivity contribution in [1.29, 1.82) is 0 Å². The minimum Gasteiger partial charge on any atom is -0.468 e. The lowest BCUT2D eigenvalue weighted by molar-refractivity contribution is -0.141. The van der Waals surface area contributed by atoms with Gasteiger partial charge in [0, 0.05) is 18.3 Å². The summed E-state index contributed by atoms with van der Waals surface area (Å²) in [5, 5.41) is 5.92. The highest BCUT2D eigenvalue weighted by molar-refractivity contribution is 5.91. The van der Waals surface area contributed by atoms with Crippen LogP contribution in [0.15, 0.2) is 24.3 Å². The summed E-state index contributed by atoms with van der Waals surface area (Å²) in [6, 6.07) is 7.51. The van der Waals surface area contributed by atoms with Crippen molar-refractivity contribution in [2.75, 3.05) is 32.6 Å². The number of ether oxygens (including phenoxy) is 1. The van der Waals surface area contributed by atoms with E-state index in [2.05, 4.69) is 22.3 Å². The van der Waals surface area contributed by atoms with Gasteiger partial charge in [0.15, 0.2) is 0 Å². The Morgan fingerprint density at radius 1 is 1.29 bits per heavy atom. The quantitative estimate of drug-likeness (QED) is 0.787. The Balaban J connectivity index is 2.66. The average molecular weight is 293 g/mol. The van der Waals surface area contributed by atoms with Crippen LogP contribution in [0.1, 0.15) is 25.5 Å². The molecule has 6 heteroatoms. The van der Waals surface area contributed by atoms with E-state index in [1.807, 2.05) is 31.3 Å². The highest BCUT2D eigenvalue weighted by Crippen LogP contribution is 2.16. The van der Waals surface area contributed by atoms with Crippen molar-refractivity contribution in [3.05, 3.63) is 29.8 Å². The van der Waals surface area contributed by atoms with Crippen molar-refractivity contribution in [2.45, 2.75) is 19.9 Å². The molecule has 0 heterocycles. The topological polar surface area (TPSA) is 70.7 Å². The van der Waals surface area contributed by atoms with E-state index in [0.29, 0.717) is 12.2 Å². The molecule has 0 spiro atoms. The summed E-state index contributed by atoms with van der Waals surface area (Å²) >= 11 is 0. The van der Waals surface area contributed by atoms with Gasteiger partial charge in [0.1, 0.15) is 6.54 Å². The molecule has 2 amide bonds. The molecule has 21 heavy (non-hydrogen) atoms. The van der Waals surface area contributed by atoms with E-state index in [-0.39, 0.29) is 18.6 Å². The molecule has 1 rings (SSSR count). The van der Waals surface area contributed by atoms with Gasteiger partial charge in [-0.1, -0.05) is 12.1 Å². The molecule has 0 saturated carbocycles. The molecule has 6 nitrogen and oxygen atoms in total. The molecule has 1 aromatic carbocycles. The number of nitrogens with one attached hydrogen (secondary N) is 2. The molecular formula is C15H23N3O3. The third kappa shape index (κ3) is 5.07. The zero-order valence-electron chi connectivity index (χ0n) is 13.0. The van der Waals surface area contributed by atoms with E-state index in [1.54, 1.807) is 6.92 Å². The number of esters is 1. The van der Waals surface area contributed by atoms with Crippen LogP contribution >= 0.6 is 0 Å². The Labute approximate surface area is 125 Å². The predicted molar refractivity (Wildman–Crippen MR) is 82.2 cm³/mol. The van der Waals surface area contributed by atoms with Crippen molar-refractivity contribution in [3.8, 4) is 0 Å². The summed E-state index contributed by atoms with van der Waals surface area (Å²) in [4.78, 5) is 24.7. The van der Waals surface area contributed by atoms with Crippen LogP contribution in [-0.4, -0.2) is 44.1 Å². The van der Waals surface area contributed by atoms with Crippen LogP contribution in [0.3, 0.4) is 0 Å². The fraction of sp³-hybridized carbons (Fsp3) is 0.467. The number of methoxy groups -OCH3 is 1. The van der Waals surface area contributed by atoms with E-state index in [0.717, 1.165) is 5.56 Å². The van der Waals surface area contributed by atoms with Gasteiger partial charge in [-0.05, 0) is 38.6 Å². The molecule has 0 aliphatic heterocycles. The van der Waals surface area contributed by atoms with Gasteiger partial charge >= 0.3 is 12.0 Å². The minimum atomic E-state index is -0.440. The first-order valence-electron chi connectivity index (χ1n) is 6.91. The van der Waals surface area contributed by atoms with Crippen LogP contribution in [-0.2, 0) is 9.53 Å². The second-order valence-electron chi connectivity index (χ2n) is 4.65. The largest absolute Gasteiger partial charge is 0.468 e. The summed E-state index contributed by atoms with van der Waals surface area (Å²) in [5.41, 5.74) is 1.83. The van der Waals surface area contributed by atoms with Gasteiger partial charge in [0.25, 0.3) is 0 Å². The van der Waals surface area contributed by atoms with Crippen molar-refractivity contribution < 1.29 is 14.3 Å². The van der Waals surface area contributed by atoms with E-state index in [1.165, 1.54) is 12.0 Å². The van der Waals surface area contributed by atoms with Gasteiger partial charge in [-0.3, -0.25) is 4.79 Å². The first-order chi connectivity index (χ1) is 10.0. The van der Waals surface area contributed by atoms with Gasteiger partial charge in [0.05, 0.1) is 7.11 Å². The Bertz CT molecular complexity index is 474. The van der Waals surface area contributed by atoms with Crippen molar-refractivity contribution in [3.63, 3.8) is 0 Å². The number of carbonyl (C=O) groups is 2. The summed E-state index contributed by atoms with van der Waals surface area (Å²) in [7, 11) is 3.20. The lowest BCUT2D eigenvalue weighted by Gasteiger charge is -2.20. The number of carbonyl (C=O) groups excluding carboxylic acids is 2. The molecule has 1 aromatic rings. The number of hydrogen-bond donors (Lipinski definition) is 2. The second-order valence-corrected chi connectivity index (χ2v) is 4.65. The SMILES string of the molecule is CCN(CC(=O)OC)C(=O)Nc1ccc(C(C)NC)cc1. The Morgan fingerprint density at radius 3 is 2.38 bits per heavy atom. The lowest BCUT2D eigenvalue weighted by atomic mass is 10.1. The zero-order chi connectivity index (χ0) is 15.8. The van der Waals surface area contributed by atoms with E-state index in [4.69, 9.17) is 0 Å². The summed E-state index contributed by atoms with van der Waals surface area (Å²) in [5.74, 6) is -0.440. The number of hydrogen-bond acceptors (Lipinski definition) is 4. The zero-order valence-corrected chi connectivity index (χ0v) is 13.0. The third-order valence-corrected chi connectivity index (χ3v) is 3.31. The van der Waals surface area contributed by atoms with Crippen molar-refractivity contribution >= 4 is 17.7 Å². The lowest BCUT2D eigenvalue weighted by Crippen LogP contribution is -2.38. The minimum absolute atomic E-state index is 0.0618. The van der Waals surface area contributed by atoms with Crippen LogP contribution < -0.4 is 10.6 Å². The summed E-state index contributed by atoms with van der Waals surface area (Å²) in [6.45, 7) is 4.23. The van der Waals surface area contributed by atoms with Crippen LogP contribution in [0.5, 0.6) is 0 Å². The maximum absolute atomic E-state index is 12.1. The fourth-order valence-electron chi connectivity index (χ4n) is 1.77. The summed E-state index contributed by atoms with van der Waals surface area (Å²) < 4.78 is 4.57. The van der Waals surface area contributed by atoms with Gasteiger partial charge in [-0.15, -0.1) is 0 Å². The Morgan fingerprint density at radius 2 is 1.90 bits per heavy atom. The Hall–Kier alpha value is -2.08. The number of nitrogens with zero attached hydrogens (tertiary/aromatic N) is 1. The van der Waals surface area contributed by atoms with Gasteiger partial charge in [0.2, 0.25) is 0 Å². The van der Waals surface area contributed by atoms with Crippen LogP contribution in [0, 0.1) is 0 Å². The molecule has 0 fully saturated rings. The standard InChI is InChI=1S/C15H23N3O3/c1-5-18(10-14(19)21-4)15(20)17-13-8-6-12(7-9-13)11(2)16-3/h6-9,11,16H,5,10H2,1-4H3,(H,17,20). The van der Waals surface area contributed by atoms with Gasteiger partial charge in [-0.25, -0.2) is 4.79 Å². The van der Waals surface area contributed by atoms with Gasteiger partial charge < -0.3 is 20.3 Å².